The van der Waals surface area contributed by atoms with Gasteiger partial charge >= 0.3 is 0 Å². The van der Waals surface area contributed by atoms with Crippen molar-refractivity contribution in [3.63, 3.8) is 0 Å². The van der Waals surface area contributed by atoms with E-state index in [9.17, 15) is 4.79 Å². The lowest BCUT2D eigenvalue weighted by molar-refractivity contribution is 0.0895. The molecule has 1 amide bonds. The molecule has 3 aromatic heterocycles. The minimum Gasteiger partial charge on any atom is -0.330 e. The molecule has 0 bridgehead atoms. The van der Waals surface area contributed by atoms with Gasteiger partial charge in [0.1, 0.15) is 23.6 Å². The summed E-state index contributed by atoms with van der Waals surface area (Å²) in [6.45, 7) is 4.61. The summed E-state index contributed by atoms with van der Waals surface area (Å²) in [5.41, 5.74) is 2.85. The number of carbonyl (C=O) groups is 1. The molecule has 0 fully saturated rings. The Hall–Kier alpha value is -3.74. The van der Waals surface area contributed by atoms with Crippen LogP contribution in [0.2, 0.25) is 0 Å². The lowest BCUT2D eigenvalue weighted by Gasteiger charge is -2.44. The number of nitrogens with one attached hydrogen (secondary N) is 1. The summed E-state index contributed by atoms with van der Waals surface area (Å²) in [5.74, 6) is 1.27. The Balaban J connectivity index is 1.65. The van der Waals surface area contributed by atoms with Crippen molar-refractivity contribution in [3.05, 3.63) is 78.4 Å². The van der Waals surface area contributed by atoms with Crippen LogP contribution in [0.15, 0.2) is 67.3 Å². The van der Waals surface area contributed by atoms with Gasteiger partial charge in [-0.25, -0.2) is 15.0 Å². The van der Waals surface area contributed by atoms with Crippen molar-refractivity contribution in [1.82, 2.24) is 24.8 Å². The highest BCUT2D eigenvalue weighted by atomic mass is 16.2. The van der Waals surface area contributed by atoms with Gasteiger partial charge in [-0.2, -0.15) is 0 Å². The first kappa shape index (κ1) is 17.4. The Kier molecular flexibility index (Phi) is 3.84. The number of amides is 1. The molecule has 0 radical (unpaired) electrons. The van der Waals surface area contributed by atoms with Crippen LogP contribution >= 0.6 is 0 Å². The maximum absolute atomic E-state index is 12.7. The van der Waals surface area contributed by atoms with Crippen LogP contribution in [0.4, 0.5) is 5.82 Å². The van der Waals surface area contributed by atoms with Gasteiger partial charge in [-0.3, -0.25) is 9.36 Å². The summed E-state index contributed by atoms with van der Waals surface area (Å²) in [6, 6.07) is 15.8. The molecule has 0 saturated carbocycles. The first-order valence-corrected chi connectivity index (χ1v) is 9.45. The van der Waals surface area contributed by atoms with Gasteiger partial charge in [0.2, 0.25) is 0 Å². The Morgan fingerprint density at radius 3 is 2.72 bits per heavy atom. The molecule has 0 unspecified atom stereocenters. The highest BCUT2D eigenvalue weighted by molar-refractivity contribution is 6.01. The van der Waals surface area contributed by atoms with E-state index < -0.39 is 5.66 Å². The molecular weight excluding hydrogens is 364 g/mol. The molecule has 0 spiro atoms. The van der Waals surface area contributed by atoms with E-state index in [4.69, 9.17) is 4.98 Å². The van der Waals surface area contributed by atoms with Gasteiger partial charge in [-0.1, -0.05) is 30.3 Å². The second-order valence-electron chi connectivity index (χ2n) is 7.60. The quantitative estimate of drug-likeness (QED) is 0.587. The Bertz CT molecular complexity index is 1210. The van der Waals surface area contributed by atoms with Crippen LogP contribution in [0.1, 0.15) is 29.8 Å². The molecule has 7 heteroatoms. The van der Waals surface area contributed by atoms with Crippen molar-refractivity contribution in [2.45, 2.75) is 26.1 Å². The van der Waals surface area contributed by atoms with E-state index in [0.29, 0.717) is 17.9 Å². The number of pyridine rings is 1. The topological polar surface area (TPSA) is 75.9 Å². The summed E-state index contributed by atoms with van der Waals surface area (Å²) in [4.78, 5) is 28.2. The summed E-state index contributed by atoms with van der Waals surface area (Å²) >= 11 is 0. The third-order valence-corrected chi connectivity index (χ3v) is 5.25. The molecule has 0 saturated heterocycles. The van der Waals surface area contributed by atoms with Crippen molar-refractivity contribution in [3.8, 4) is 5.82 Å². The number of fused-ring (bicyclic) bond motifs is 2. The van der Waals surface area contributed by atoms with Crippen molar-refractivity contribution in [2.75, 3.05) is 4.90 Å². The van der Waals surface area contributed by atoms with Crippen molar-refractivity contribution < 1.29 is 4.79 Å². The number of hydrogen-bond acceptors (Lipinski definition) is 5. The van der Waals surface area contributed by atoms with E-state index in [1.54, 1.807) is 6.20 Å². The highest BCUT2D eigenvalue weighted by Gasteiger charge is 2.38. The highest BCUT2D eigenvalue weighted by Crippen LogP contribution is 2.32. The zero-order valence-corrected chi connectivity index (χ0v) is 16.2. The van der Waals surface area contributed by atoms with E-state index in [-0.39, 0.29) is 5.91 Å². The van der Waals surface area contributed by atoms with Crippen molar-refractivity contribution in [1.29, 1.82) is 0 Å². The molecule has 4 aromatic rings. The van der Waals surface area contributed by atoms with E-state index in [2.05, 4.69) is 32.3 Å². The van der Waals surface area contributed by atoms with E-state index >= 15 is 0 Å². The summed E-state index contributed by atoms with van der Waals surface area (Å²) in [6.07, 6.45) is 5.22. The van der Waals surface area contributed by atoms with E-state index in [1.165, 1.54) is 6.33 Å². The molecule has 1 aliphatic rings. The number of carbonyl (C=O) groups excluding carboxylic acids is 1. The predicted molar refractivity (Wildman–Crippen MR) is 111 cm³/mol. The number of anilines is 1. The Labute approximate surface area is 168 Å². The zero-order valence-electron chi connectivity index (χ0n) is 16.2. The van der Waals surface area contributed by atoms with Gasteiger partial charge in [0.15, 0.2) is 0 Å². The largest absolute Gasteiger partial charge is 0.330 e. The number of rotatable bonds is 3. The smallest absolute Gasteiger partial charge is 0.256 e. The average Bonchev–Trinajstić information content (AvgIpc) is 3.15. The fourth-order valence-electron chi connectivity index (χ4n) is 3.74. The van der Waals surface area contributed by atoms with Crippen molar-refractivity contribution >= 4 is 22.8 Å². The maximum atomic E-state index is 12.7. The first-order chi connectivity index (χ1) is 14.0. The molecule has 144 valence electrons. The average molecular weight is 384 g/mol. The molecule has 0 aliphatic carbocycles. The zero-order chi connectivity index (χ0) is 20.0. The minimum atomic E-state index is -0.576. The van der Waals surface area contributed by atoms with Crippen LogP contribution < -0.4 is 10.2 Å². The molecule has 29 heavy (non-hydrogen) atoms. The molecule has 1 N–H and O–H groups in total. The summed E-state index contributed by atoms with van der Waals surface area (Å²) < 4.78 is 1.94. The summed E-state index contributed by atoms with van der Waals surface area (Å²) in [7, 11) is 0. The fraction of sp³-hybridized carbons (Fsp3) is 0.182. The number of benzene rings is 1. The lowest BCUT2D eigenvalue weighted by Crippen LogP contribution is -2.60. The Morgan fingerprint density at radius 1 is 1.07 bits per heavy atom. The third kappa shape index (κ3) is 2.91. The monoisotopic (exact) mass is 384 g/mol. The summed E-state index contributed by atoms with van der Waals surface area (Å²) in [5, 5.41) is 3.09. The molecular formula is C22H20N6O. The SMILES string of the molecule is CC1(C)NC(=O)c2ccc(-n3ccc4ncncc43)nc2N1Cc1ccccc1. The lowest BCUT2D eigenvalue weighted by atomic mass is 10.0. The first-order valence-electron chi connectivity index (χ1n) is 9.45. The van der Waals surface area contributed by atoms with E-state index in [1.807, 2.05) is 61.0 Å². The van der Waals surface area contributed by atoms with Gasteiger partial charge in [-0.05, 0) is 37.6 Å². The van der Waals surface area contributed by atoms with E-state index in [0.717, 1.165) is 22.4 Å². The van der Waals surface area contributed by atoms with Crippen molar-refractivity contribution in [2.24, 2.45) is 0 Å². The van der Waals surface area contributed by atoms with Crippen LogP contribution in [0, 0.1) is 0 Å². The fourth-order valence-corrected chi connectivity index (χ4v) is 3.74. The molecule has 7 nitrogen and oxygen atoms in total. The normalized spacial score (nSPS) is 15.2. The van der Waals surface area contributed by atoms with Gasteiger partial charge in [0, 0.05) is 12.7 Å². The number of hydrogen-bond donors (Lipinski definition) is 1. The molecule has 1 aromatic carbocycles. The molecule has 0 atom stereocenters. The van der Waals surface area contributed by atoms with Crippen LogP contribution in [-0.4, -0.2) is 31.1 Å². The standard InChI is InChI=1S/C22H20N6O/c1-22(2)26-21(29)16-8-9-19(27-11-10-17-18(27)12-23-14-24-17)25-20(16)28(22)13-15-6-4-3-5-7-15/h3-12,14H,13H2,1-2H3,(H,26,29). The van der Waals surface area contributed by atoms with Gasteiger partial charge < -0.3 is 10.2 Å². The predicted octanol–water partition coefficient (Wildman–Crippen LogP) is 3.30. The van der Waals surface area contributed by atoms with Gasteiger partial charge in [0.05, 0.1) is 22.8 Å². The number of aromatic nitrogens is 4. The molecule has 1 aliphatic heterocycles. The molecule has 4 heterocycles. The maximum Gasteiger partial charge on any atom is 0.256 e. The van der Waals surface area contributed by atoms with Gasteiger partial charge in [0.25, 0.3) is 5.91 Å². The Morgan fingerprint density at radius 2 is 1.90 bits per heavy atom. The second-order valence-corrected chi connectivity index (χ2v) is 7.60. The second kappa shape index (κ2) is 6.41. The molecule has 5 rings (SSSR count). The van der Waals surface area contributed by atoms with Gasteiger partial charge in [-0.15, -0.1) is 0 Å². The third-order valence-electron chi connectivity index (χ3n) is 5.25. The van der Waals surface area contributed by atoms with Crippen LogP contribution in [0.25, 0.3) is 16.9 Å². The number of nitrogens with zero attached hydrogens (tertiary/aromatic N) is 5. The van der Waals surface area contributed by atoms with Crippen LogP contribution in [0.3, 0.4) is 0 Å². The van der Waals surface area contributed by atoms with Crippen LogP contribution in [-0.2, 0) is 6.54 Å². The minimum absolute atomic E-state index is 0.117. The van der Waals surface area contributed by atoms with Crippen LogP contribution in [0.5, 0.6) is 0 Å².